The number of rotatable bonds is 10. The van der Waals surface area contributed by atoms with Gasteiger partial charge >= 0.3 is 0 Å². The van der Waals surface area contributed by atoms with Crippen LogP contribution < -0.4 is 9.47 Å². The molecule has 0 heterocycles. The number of hydrogen-bond acceptors (Lipinski definition) is 2. The molecule has 0 saturated carbocycles. The van der Waals surface area contributed by atoms with Crippen molar-refractivity contribution in [1.29, 1.82) is 0 Å². The van der Waals surface area contributed by atoms with Crippen molar-refractivity contribution >= 4 is 0 Å². The summed E-state index contributed by atoms with van der Waals surface area (Å²) in [5.41, 5.74) is 5.01. The van der Waals surface area contributed by atoms with Crippen LogP contribution in [0.25, 0.3) is 11.1 Å². The zero-order chi connectivity index (χ0) is 19.6. The van der Waals surface area contributed by atoms with Crippen LogP contribution in [0.5, 0.6) is 11.5 Å². The fourth-order valence-electron chi connectivity index (χ4n) is 3.06. The van der Waals surface area contributed by atoms with Crippen LogP contribution in [0.1, 0.15) is 36.8 Å². The second kappa shape index (κ2) is 10.6. The molecule has 0 radical (unpaired) electrons. The molecule has 28 heavy (non-hydrogen) atoms. The van der Waals surface area contributed by atoms with Crippen LogP contribution in [0.4, 0.5) is 0 Å². The quantitative estimate of drug-likeness (QED) is 0.356. The summed E-state index contributed by atoms with van der Waals surface area (Å²) < 4.78 is 11.6. The van der Waals surface area contributed by atoms with Crippen molar-refractivity contribution in [2.75, 3.05) is 13.2 Å². The van der Waals surface area contributed by atoms with E-state index in [0.29, 0.717) is 0 Å². The fraction of sp³-hybridized carbons (Fsp3) is 0.308. The average molecular weight is 375 g/mol. The maximum absolute atomic E-state index is 5.87. The molecule has 0 aliphatic heterocycles. The molecule has 0 fully saturated rings. The minimum Gasteiger partial charge on any atom is -0.494 e. The van der Waals surface area contributed by atoms with Crippen molar-refractivity contribution in [1.82, 2.24) is 0 Å². The lowest BCUT2D eigenvalue weighted by atomic mass is 10.0. The predicted octanol–water partition coefficient (Wildman–Crippen LogP) is 6.99. The van der Waals surface area contributed by atoms with Crippen molar-refractivity contribution in [3.05, 3.63) is 83.9 Å². The Kier molecular flexibility index (Phi) is 7.54. The van der Waals surface area contributed by atoms with E-state index in [1.807, 2.05) is 12.1 Å². The van der Waals surface area contributed by atoms with Crippen LogP contribution in [0.15, 0.2) is 72.8 Å². The van der Waals surface area contributed by atoms with E-state index in [9.17, 15) is 0 Å². The van der Waals surface area contributed by atoms with Gasteiger partial charge in [0.15, 0.2) is 0 Å². The molecular formula is C26H30O2. The van der Waals surface area contributed by atoms with Gasteiger partial charge < -0.3 is 9.47 Å². The highest BCUT2D eigenvalue weighted by molar-refractivity contribution is 5.64. The molecule has 0 unspecified atom stereocenters. The van der Waals surface area contributed by atoms with Gasteiger partial charge in [0.2, 0.25) is 0 Å². The zero-order valence-corrected chi connectivity index (χ0v) is 17.0. The summed E-state index contributed by atoms with van der Waals surface area (Å²) in [5, 5.41) is 0. The van der Waals surface area contributed by atoms with Gasteiger partial charge in [-0.1, -0.05) is 59.7 Å². The molecule has 0 spiro atoms. The van der Waals surface area contributed by atoms with E-state index < -0.39 is 0 Å². The third kappa shape index (κ3) is 6.45. The highest BCUT2D eigenvalue weighted by atomic mass is 16.5. The Hall–Kier alpha value is -2.74. The van der Waals surface area contributed by atoms with Crippen LogP contribution in [0, 0.1) is 13.8 Å². The van der Waals surface area contributed by atoms with E-state index in [2.05, 4.69) is 74.5 Å². The summed E-state index contributed by atoms with van der Waals surface area (Å²) in [6.45, 7) is 5.75. The van der Waals surface area contributed by atoms with Gasteiger partial charge in [0.1, 0.15) is 11.5 Å². The molecule has 0 N–H and O–H groups in total. The van der Waals surface area contributed by atoms with E-state index in [4.69, 9.17) is 9.47 Å². The van der Waals surface area contributed by atoms with Crippen molar-refractivity contribution in [2.45, 2.75) is 39.5 Å². The molecule has 0 bridgehead atoms. The molecule has 0 saturated heterocycles. The summed E-state index contributed by atoms with van der Waals surface area (Å²) in [5.74, 6) is 1.90. The first-order valence-electron chi connectivity index (χ1n) is 10.2. The minimum atomic E-state index is 0.767. The topological polar surface area (TPSA) is 18.5 Å². The predicted molar refractivity (Wildman–Crippen MR) is 117 cm³/mol. The summed E-state index contributed by atoms with van der Waals surface area (Å²) in [6.07, 6.45) is 4.49. The van der Waals surface area contributed by atoms with E-state index in [1.54, 1.807) is 0 Å². The second-order valence-corrected chi connectivity index (χ2v) is 7.31. The Morgan fingerprint density at radius 3 is 1.29 bits per heavy atom. The number of benzene rings is 3. The van der Waals surface area contributed by atoms with Crippen LogP contribution in [-0.4, -0.2) is 13.2 Å². The fourth-order valence-corrected chi connectivity index (χ4v) is 3.06. The van der Waals surface area contributed by atoms with Gasteiger partial charge in [-0.2, -0.15) is 0 Å². The molecule has 2 heteroatoms. The molecule has 2 nitrogen and oxygen atoms in total. The first-order valence-corrected chi connectivity index (χ1v) is 10.2. The number of aryl methyl sites for hydroxylation is 2. The molecule has 3 rings (SSSR count). The lowest BCUT2D eigenvalue weighted by Crippen LogP contribution is -1.99. The number of ether oxygens (including phenoxy) is 2. The van der Waals surface area contributed by atoms with E-state index in [1.165, 1.54) is 35.1 Å². The molecular weight excluding hydrogens is 344 g/mol. The maximum Gasteiger partial charge on any atom is 0.119 e. The smallest absolute Gasteiger partial charge is 0.119 e. The van der Waals surface area contributed by atoms with Gasteiger partial charge in [0.05, 0.1) is 13.2 Å². The summed E-state index contributed by atoms with van der Waals surface area (Å²) in [7, 11) is 0. The molecule has 146 valence electrons. The standard InChI is InChI=1S/C26H30O2/c1-21-7-11-23(12-8-21)24-13-17-26(18-14-24)28-20-6-4-3-5-19-27-25-15-9-22(2)10-16-25/h7-18H,3-6,19-20H2,1-2H3. The van der Waals surface area contributed by atoms with Gasteiger partial charge in [-0.05, 0) is 74.9 Å². The number of unbranched alkanes of at least 4 members (excludes halogenated alkanes) is 3. The SMILES string of the molecule is Cc1ccc(OCCCCCCOc2ccc(-c3ccc(C)cc3)cc2)cc1. The highest BCUT2D eigenvalue weighted by Crippen LogP contribution is 2.23. The molecule has 0 aliphatic carbocycles. The third-order valence-corrected chi connectivity index (χ3v) is 4.84. The molecule has 3 aromatic carbocycles. The van der Waals surface area contributed by atoms with Crippen LogP contribution in [0.2, 0.25) is 0 Å². The van der Waals surface area contributed by atoms with Gasteiger partial charge in [-0.25, -0.2) is 0 Å². The third-order valence-electron chi connectivity index (χ3n) is 4.84. The number of hydrogen-bond donors (Lipinski definition) is 0. The summed E-state index contributed by atoms with van der Waals surface area (Å²) in [4.78, 5) is 0. The molecule has 3 aromatic rings. The van der Waals surface area contributed by atoms with E-state index in [0.717, 1.165) is 37.6 Å². The van der Waals surface area contributed by atoms with Gasteiger partial charge in [0.25, 0.3) is 0 Å². The Morgan fingerprint density at radius 2 is 0.821 bits per heavy atom. The highest BCUT2D eigenvalue weighted by Gasteiger charge is 1.99. The normalized spacial score (nSPS) is 10.6. The lowest BCUT2D eigenvalue weighted by Gasteiger charge is -2.08. The van der Waals surface area contributed by atoms with Crippen molar-refractivity contribution in [3.63, 3.8) is 0 Å². The van der Waals surface area contributed by atoms with Gasteiger partial charge in [-0.3, -0.25) is 0 Å². The Morgan fingerprint density at radius 1 is 0.464 bits per heavy atom. The molecule has 0 amide bonds. The monoisotopic (exact) mass is 374 g/mol. The maximum atomic E-state index is 5.87. The van der Waals surface area contributed by atoms with E-state index >= 15 is 0 Å². The minimum absolute atomic E-state index is 0.767. The molecule has 0 atom stereocenters. The summed E-state index contributed by atoms with van der Waals surface area (Å²) in [6, 6.07) is 25.2. The Bertz CT molecular complexity index is 818. The average Bonchev–Trinajstić information content (AvgIpc) is 2.72. The molecule has 0 aromatic heterocycles. The first-order chi connectivity index (χ1) is 13.7. The van der Waals surface area contributed by atoms with Gasteiger partial charge in [0, 0.05) is 0 Å². The summed E-state index contributed by atoms with van der Waals surface area (Å²) >= 11 is 0. The van der Waals surface area contributed by atoms with Crippen LogP contribution in [0.3, 0.4) is 0 Å². The van der Waals surface area contributed by atoms with Crippen molar-refractivity contribution in [3.8, 4) is 22.6 Å². The largest absolute Gasteiger partial charge is 0.494 e. The van der Waals surface area contributed by atoms with Crippen molar-refractivity contribution in [2.24, 2.45) is 0 Å². The first kappa shape index (κ1) is 20.0. The van der Waals surface area contributed by atoms with Gasteiger partial charge in [-0.15, -0.1) is 0 Å². The zero-order valence-electron chi connectivity index (χ0n) is 17.0. The van der Waals surface area contributed by atoms with E-state index in [-0.39, 0.29) is 0 Å². The Labute approximate surface area is 169 Å². The Balaban J connectivity index is 1.28. The second-order valence-electron chi connectivity index (χ2n) is 7.31. The van der Waals surface area contributed by atoms with Crippen LogP contribution in [-0.2, 0) is 0 Å². The van der Waals surface area contributed by atoms with Crippen LogP contribution >= 0.6 is 0 Å². The van der Waals surface area contributed by atoms with Crippen molar-refractivity contribution < 1.29 is 9.47 Å². The molecule has 0 aliphatic rings. The lowest BCUT2D eigenvalue weighted by molar-refractivity contribution is 0.287.